The number of nitrogens with one attached hydrogen (secondary N) is 1. The van der Waals surface area contributed by atoms with Crippen LogP contribution in [-0.2, 0) is 6.54 Å². The third kappa shape index (κ3) is 4.89. The van der Waals surface area contributed by atoms with Crippen LogP contribution in [0.15, 0.2) is 70.5 Å². The zero-order valence-corrected chi connectivity index (χ0v) is 20.6. The average Bonchev–Trinajstić information content (AvgIpc) is 3.25. The van der Waals surface area contributed by atoms with Crippen molar-refractivity contribution in [3.63, 3.8) is 0 Å². The molecule has 1 aliphatic rings. The first-order valence-electron chi connectivity index (χ1n) is 11.4. The molecule has 9 heteroatoms. The van der Waals surface area contributed by atoms with Crippen LogP contribution in [0.3, 0.4) is 0 Å². The van der Waals surface area contributed by atoms with Crippen LogP contribution in [0.1, 0.15) is 35.6 Å². The fourth-order valence-corrected chi connectivity index (χ4v) is 4.58. The summed E-state index contributed by atoms with van der Waals surface area (Å²) in [6.07, 6.45) is 7.49. The molecule has 1 aliphatic heterocycles. The number of fused-ring (bicyclic) bond motifs is 1. The first kappa shape index (κ1) is 22.3. The van der Waals surface area contributed by atoms with Crippen LogP contribution in [0, 0.1) is 6.92 Å². The molecule has 4 aromatic rings. The van der Waals surface area contributed by atoms with Gasteiger partial charge in [0.05, 0.1) is 22.1 Å². The summed E-state index contributed by atoms with van der Waals surface area (Å²) >= 11 is 3.60. The van der Waals surface area contributed by atoms with E-state index >= 15 is 0 Å². The number of hydrogen-bond acceptors (Lipinski definition) is 5. The molecule has 0 saturated carbocycles. The Morgan fingerprint density at radius 1 is 1.24 bits per heavy atom. The van der Waals surface area contributed by atoms with Crippen molar-refractivity contribution in [2.45, 2.75) is 32.2 Å². The number of nitrogens with two attached hydrogens (primary N) is 1. The van der Waals surface area contributed by atoms with E-state index in [4.69, 9.17) is 10.7 Å². The number of aliphatic imine (C=N–C) groups is 1. The molecular formula is C25H27BrN8. The van der Waals surface area contributed by atoms with E-state index in [0.29, 0.717) is 12.5 Å². The zero-order valence-electron chi connectivity index (χ0n) is 19.0. The highest BCUT2D eigenvalue weighted by molar-refractivity contribution is 9.10. The van der Waals surface area contributed by atoms with Crippen molar-refractivity contribution < 1.29 is 0 Å². The van der Waals surface area contributed by atoms with E-state index in [2.05, 4.69) is 54.2 Å². The number of rotatable bonds is 5. The van der Waals surface area contributed by atoms with Crippen molar-refractivity contribution in [3.05, 3.63) is 82.3 Å². The molecule has 174 valence electrons. The van der Waals surface area contributed by atoms with Gasteiger partial charge >= 0.3 is 0 Å². The van der Waals surface area contributed by atoms with Gasteiger partial charge in [0.25, 0.3) is 0 Å². The Morgan fingerprint density at radius 3 is 2.88 bits per heavy atom. The summed E-state index contributed by atoms with van der Waals surface area (Å²) in [7, 11) is 0. The lowest BCUT2D eigenvalue weighted by molar-refractivity contribution is 0.303. The third-order valence-corrected chi connectivity index (χ3v) is 6.65. The largest absolute Gasteiger partial charge is 0.369 e. The Bertz CT molecular complexity index is 1300. The van der Waals surface area contributed by atoms with Crippen LogP contribution in [-0.4, -0.2) is 43.5 Å². The van der Waals surface area contributed by atoms with Crippen molar-refractivity contribution in [2.24, 2.45) is 10.7 Å². The van der Waals surface area contributed by atoms with Crippen molar-refractivity contribution in [3.8, 4) is 0 Å². The molecule has 0 aliphatic carbocycles. The maximum absolute atomic E-state index is 6.41. The van der Waals surface area contributed by atoms with Crippen LogP contribution in [0.5, 0.6) is 0 Å². The van der Waals surface area contributed by atoms with Crippen molar-refractivity contribution in [1.29, 1.82) is 0 Å². The second kappa shape index (κ2) is 9.80. The molecule has 34 heavy (non-hydrogen) atoms. The van der Waals surface area contributed by atoms with E-state index in [0.717, 1.165) is 58.8 Å². The van der Waals surface area contributed by atoms with E-state index in [1.54, 1.807) is 12.4 Å². The number of nitrogens with zero attached hydrogens (tertiary/aromatic N) is 6. The molecule has 0 spiro atoms. The number of hydrogen-bond donors (Lipinski definition) is 2. The predicted octanol–water partition coefficient (Wildman–Crippen LogP) is 4.63. The summed E-state index contributed by atoms with van der Waals surface area (Å²) < 4.78 is 2.70. The number of aryl methyl sites for hydroxylation is 1. The Morgan fingerprint density at radius 2 is 2.09 bits per heavy atom. The number of anilines is 1. The van der Waals surface area contributed by atoms with Gasteiger partial charge in [-0.3, -0.25) is 4.98 Å². The summed E-state index contributed by atoms with van der Waals surface area (Å²) in [5.74, 6) is 1.69. The number of piperidine rings is 1. The lowest BCUT2D eigenvalue weighted by Gasteiger charge is -2.33. The van der Waals surface area contributed by atoms with Crippen molar-refractivity contribution in [2.75, 3.05) is 18.4 Å². The summed E-state index contributed by atoms with van der Waals surface area (Å²) in [6, 6.07) is 14.2. The second-order valence-electron chi connectivity index (χ2n) is 8.60. The minimum Gasteiger partial charge on any atom is -0.369 e. The monoisotopic (exact) mass is 518 g/mol. The van der Waals surface area contributed by atoms with Crippen LogP contribution >= 0.6 is 15.9 Å². The fraction of sp³-hybridized carbons (Fsp3) is 0.280. The molecule has 0 amide bonds. The topological polar surface area (TPSA) is 96.7 Å². The summed E-state index contributed by atoms with van der Waals surface area (Å²) in [5.41, 5.74) is 11.4. The van der Waals surface area contributed by atoms with Gasteiger partial charge in [-0.25, -0.2) is 9.98 Å². The van der Waals surface area contributed by atoms with Crippen LogP contribution < -0.4 is 11.1 Å². The van der Waals surface area contributed by atoms with Crippen molar-refractivity contribution >= 4 is 39.0 Å². The maximum atomic E-state index is 6.41. The number of guanidine groups is 1. The van der Waals surface area contributed by atoms with E-state index in [9.17, 15) is 0 Å². The molecule has 1 unspecified atom stereocenters. The molecule has 4 heterocycles. The van der Waals surface area contributed by atoms with E-state index in [-0.39, 0.29) is 5.92 Å². The average molecular weight is 519 g/mol. The van der Waals surface area contributed by atoms with Gasteiger partial charge in [-0.1, -0.05) is 23.8 Å². The zero-order chi connectivity index (χ0) is 23.5. The van der Waals surface area contributed by atoms with Crippen LogP contribution in [0.2, 0.25) is 0 Å². The van der Waals surface area contributed by atoms with Gasteiger partial charge < -0.3 is 16.0 Å². The first-order chi connectivity index (χ1) is 16.6. The summed E-state index contributed by atoms with van der Waals surface area (Å²) in [4.78, 5) is 16.0. The molecule has 0 bridgehead atoms. The highest BCUT2D eigenvalue weighted by Gasteiger charge is 2.25. The number of benzene rings is 1. The van der Waals surface area contributed by atoms with Gasteiger partial charge in [0.2, 0.25) is 0 Å². The summed E-state index contributed by atoms with van der Waals surface area (Å²) in [6.45, 7) is 4.38. The van der Waals surface area contributed by atoms with Gasteiger partial charge in [0, 0.05) is 44.0 Å². The molecule has 1 saturated heterocycles. The minimum absolute atomic E-state index is 0.242. The Labute approximate surface area is 207 Å². The SMILES string of the molecule is Cc1ccc(N=C(N)N2CCCC(c3cc(NCc4cccnc4)n4ncc(Br)c4n3)C2)cc1. The molecule has 1 fully saturated rings. The number of pyridine rings is 1. The molecule has 5 rings (SSSR count). The number of aromatic nitrogens is 4. The smallest absolute Gasteiger partial charge is 0.196 e. The lowest BCUT2D eigenvalue weighted by Crippen LogP contribution is -2.43. The van der Waals surface area contributed by atoms with Gasteiger partial charge in [-0.05, 0) is 59.5 Å². The first-order valence-corrected chi connectivity index (χ1v) is 12.2. The lowest BCUT2D eigenvalue weighted by atomic mass is 9.94. The fourth-order valence-electron chi connectivity index (χ4n) is 4.23. The van der Waals surface area contributed by atoms with Gasteiger partial charge in [0.15, 0.2) is 11.6 Å². The highest BCUT2D eigenvalue weighted by atomic mass is 79.9. The quantitative estimate of drug-likeness (QED) is 0.295. The molecule has 0 radical (unpaired) electrons. The Kier molecular flexibility index (Phi) is 6.44. The number of likely N-dealkylation sites (tertiary alicyclic amines) is 1. The van der Waals surface area contributed by atoms with Gasteiger partial charge in [-0.2, -0.15) is 9.61 Å². The molecule has 3 N–H and O–H groups in total. The molecular weight excluding hydrogens is 492 g/mol. The van der Waals surface area contributed by atoms with Crippen LogP contribution in [0.25, 0.3) is 5.65 Å². The van der Waals surface area contributed by atoms with E-state index in [1.807, 2.05) is 47.1 Å². The van der Waals surface area contributed by atoms with Crippen molar-refractivity contribution in [1.82, 2.24) is 24.5 Å². The summed E-state index contributed by atoms with van der Waals surface area (Å²) in [5, 5.41) is 8.00. The normalized spacial score (nSPS) is 16.7. The highest BCUT2D eigenvalue weighted by Crippen LogP contribution is 2.30. The minimum atomic E-state index is 0.242. The molecule has 1 atom stereocenters. The third-order valence-electron chi connectivity index (χ3n) is 6.09. The molecule has 3 aromatic heterocycles. The molecule has 1 aromatic carbocycles. The van der Waals surface area contributed by atoms with Gasteiger partial charge in [-0.15, -0.1) is 0 Å². The predicted molar refractivity (Wildman–Crippen MR) is 138 cm³/mol. The molecule has 8 nitrogen and oxygen atoms in total. The Hall–Kier alpha value is -3.46. The van der Waals surface area contributed by atoms with E-state index < -0.39 is 0 Å². The standard InChI is InChI=1S/C25H27BrN8/c1-17-6-8-20(9-7-17)31-25(27)33-11-3-5-19(16-33)22-12-23(29-14-18-4-2-10-28-13-18)34-24(32-22)21(26)15-30-34/h2,4,6-10,12-13,15,19,29H,3,5,11,14,16H2,1H3,(H2,27,31). The van der Waals surface area contributed by atoms with Crippen LogP contribution in [0.4, 0.5) is 11.5 Å². The maximum Gasteiger partial charge on any atom is 0.196 e. The second-order valence-corrected chi connectivity index (χ2v) is 9.45. The Balaban J connectivity index is 1.39. The van der Waals surface area contributed by atoms with E-state index in [1.165, 1.54) is 5.56 Å². The number of halogens is 1. The van der Waals surface area contributed by atoms with Gasteiger partial charge in [0.1, 0.15) is 5.82 Å².